The van der Waals surface area contributed by atoms with Crippen molar-refractivity contribution in [3.8, 4) is 0 Å². The van der Waals surface area contributed by atoms with Crippen molar-refractivity contribution in [1.29, 1.82) is 0 Å². The van der Waals surface area contributed by atoms with Crippen LogP contribution in [0.1, 0.15) is 39.6 Å². The molecular weight excluding hydrogens is 236 g/mol. The molecule has 1 N–H and O–H groups in total. The van der Waals surface area contributed by atoms with Gasteiger partial charge in [0.05, 0.1) is 17.7 Å². The van der Waals surface area contributed by atoms with Gasteiger partial charge in [-0.05, 0) is 25.0 Å². The van der Waals surface area contributed by atoms with Crippen molar-refractivity contribution in [2.45, 2.75) is 19.8 Å². The van der Waals surface area contributed by atoms with Crippen molar-refractivity contribution >= 4 is 18.2 Å². The van der Waals surface area contributed by atoms with Gasteiger partial charge in [0, 0.05) is 6.42 Å². The van der Waals surface area contributed by atoms with Crippen LogP contribution in [-0.2, 0) is 16.0 Å². The number of carboxylic acids is 1. The van der Waals surface area contributed by atoms with Crippen molar-refractivity contribution in [2.24, 2.45) is 0 Å². The van der Waals surface area contributed by atoms with Gasteiger partial charge in [0.15, 0.2) is 0 Å². The molecule has 0 atom stereocenters. The number of carbonyl (C=O) groups excluding carboxylic acids is 2. The summed E-state index contributed by atoms with van der Waals surface area (Å²) in [5.41, 5.74) is 0.450. The summed E-state index contributed by atoms with van der Waals surface area (Å²) in [6, 6.07) is 4.52. The number of hydrogen-bond acceptors (Lipinski definition) is 4. The van der Waals surface area contributed by atoms with E-state index in [1.54, 1.807) is 19.1 Å². The molecule has 0 radical (unpaired) electrons. The molecular formula is C13H14O5. The molecule has 0 aromatic heterocycles. The third-order valence-electron chi connectivity index (χ3n) is 2.39. The Bertz CT molecular complexity index is 464. The average Bonchev–Trinajstić information content (AvgIpc) is 2.35. The fourth-order valence-corrected chi connectivity index (χ4v) is 1.65. The predicted octanol–water partition coefficient (Wildman–Crippen LogP) is 1.69. The first kappa shape index (κ1) is 13.9. The minimum Gasteiger partial charge on any atom is -0.478 e. The molecule has 0 saturated heterocycles. The molecule has 5 nitrogen and oxygen atoms in total. The van der Waals surface area contributed by atoms with Crippen molar-refractivity contribution in [2.75, 3.05) is 6.61 Å². The lowest BCUT2D eigenvalue weighted by molar-refractivity contribution is -0.107. The molecule has 0 heterocycles. The number of hydrogen-bond donors (Lipinski definition) is 1. The van der Waals surface area contributed by atoms with Crippen molar-refractivity contribution in [3.05, 3.63) is 34.9 Å². The highest BCUT2D eigenvalue weighted by atomic mass is 16.5. The van der Waals surface area contributed by atoms with E-state index in [0.717, 1.165) is 6.29 Å². The molecule has 0 saturated carbocycles. The van der Waals surface area contributed by atoms with Gasteiger partial charge in [0.2, 0.25) is 0 Å². The van der Waals surface area contributed by atoms with E-state index in [0.29, 0.717) is 12.0 Å². The van der Waals surface area contributed by atoms with E-state index >= 15 is 0 Å². The number of esters is 1. The molecule has 1 rings (SSSR count). The van der Waals surface area contributed by atoms with Crippen LogP contribution in [0.3, 0.4) is 0 Å². The summed E-state index contributed by atoms with van der Waals surface area (Å²) in [5.74, 6) is -1.86. The smallest absolute Gasteiger partial charge is 0.339 e. The number of carboxylic acid groups (broad SMARTS) is 1. The van der Waals surface area contributed by atoms with E-state index in [4.69, 9.17) is 9.84 Å². The second-order valence-corrected chi connectivity index (χ2v) is 3.57. The summed E-state index contributed by atoms with van der Waals surface area (Å²) in [5, 5.41) is 9.06. The van der Waals surface area contributed by atoms with Crippen LogP contribution in [0.25, 0.3) is 0 Å². The van der Waals surface area contributed by atoms with Crippen LogP contribution in [-0.4, -0.2) is 29.9 Å². The minimum atomic E-state index is -1.19. The van der Waals surface area contributed by atoms with Gasteiger partial charge in [0.25, 0.3) is 0 Å². The molecule has 1 aromatic carbocycles. The first-order valence-electron chi connectivity index (χ1n) is 5.57. The maximum atomic E-state index is 11.8. The maximum Gasteiger partial charge on any atom is 0.339 e. The number of carbonyl (C=O) groups is 3. The zero-order chi connectivity index (χ0) is 13.5. The van der Waals surface area contributed by atoms with Crippen LogP contribution >= 0.6 is 0 Å². The average molecular weight is 250 g/mol. The van der Waals surface area contributed by atoms with Gasteiger partial charge in [0.1, 0.15) is 6.29 Å². The molecule has 0 aliphatic rings. The fourth-order valence-electron chi connectivity index (χ4n) is 1.65. The third-order valence-corrected chi connectivity index (χ3v) is 2.39. The van der Waals surface area contributed by atoms with Crippen LogP contribution in [0.4, 0.5) is 0 Å². The Kier molecular flexibility index (Phi) is 5.05. The topological polar surface area (TPSA) is 80.7 Å². The van der Waals surface area contributed by atoms with Gasteiger partial charge >= 0.3 is 11.9 Å². The van der Waals surface area contributed by atoms with Crippen molar-refractivity contribution < 1.29 is 24.2 Å². The Morgan fingerprint density at radius 2 is 2.11 bits per heavy atom. The first-order valence-corrected chi connectivity index (χ1v) is 5.57. The number of benzene rings is 1. The largest absolute Gasteiger partial charge is 0.478 e. The molecule has 0 bridgehead atoms. The van der Waals surface area contributed by atoms with Gasteiger partial charge < -0.3 is 14.6 Å². The monoisotopic (exact) mass is 250 g/mol. The Labute approximate surface area is 104 Å². The van der Waals surface area contributed by atoms with Crippen LogP contribution < -0.4 is 0 Å². The van der Waals surface area contributed by atoms with Crippen LogP contribution in [0.2, 0.25) is 0 Å². The second-order valence-electron chi connectivity index (χ2n) is 3.57. The zero-order valence-corrected chi connectivity index (χ0v) is 10.0. The first-order chi connectivity index (χ1) is 8.61. The Balaban J connectivity index is 3.24. The molecule has 0 aliphatic heterocycles. The quantitative estimate of drug-likeness (QED) is 0.613. The number of rotatable bonds is 6. The standard InChI is InChI=1S/C13H14O5/c1-2-18-13(17)11-9(6-4-8-14)5-3-7-10(11)12(15)16/h3,5,7-8H,2,4,6H2,1H3,(H,15,16). The highest BCUT2D eigenvalue weighted by molar-refractivity contribution is 6.03. The summed E-state index contributed by atoms with van der Waals surface area (Å²) in [6.07, 6.45) is 1.27. The fraction of sp³-hybridized carbons (Fsp3) is 0.308. The van der Waals surface area contributed by atoms with E-state index in [2.05, 4.69) is 0 Å². The van der Waals surface area contributed by atoms with Gasteiger partial charge in [-0.3, -0.25) is 0 Å². The van der Waals surface area contributed by atoms with Crippen LogP contribution in [0.15, 0.2) is 18.2 Å². The molecule has 5 heteroatoms. The Hall–Kier alpha value is -2.17. The molecule has 96 valence electrons. The maximum absolute atomic E-state index is 11.8. The number of aromatic carboxylic acids is 1. The highest BCUT2D eigenvalue weighted by Gasteiger charge is 2.21. The summed E-state index contributed by atoms with van der Waals surface area (Å²) in [7, 11) is 0. The van der Waals surface area contributed by atoms with Gasteiger partial charge in [-0.1, -0.05) is 12.1 Å². The lowest BCUT2D eigenvalue weighted by atomic mass is 9.98. The van der Waals surface area contributed by atoms with E-state index < -0.39 is 11.9 Å². The second kappa shape index (κ2) is 6.54. The van der Waals surface area contributed by atoms with E-state index in [9.17, 15) is 14.4 Å². The number of aldehydes is 1. The molecule has 0 aliphatic carbocycles. The third kappa shape index (κ3) is 3.16. The predicted molar refractivity (Wildman–Crippen MR) is 63.7 cm³/mol. The van der Waals surface area contributed by atoms with E-state index in [1.165, 1.54) is 6.07 Å². The summed E-state index contributed by atoms with van der Waals surface area (Å²) >= 11 is 0. The normalized spacial score (nSPS) is 9.83. The summed E-state index contributed by atoms with van der Waals surface area (Å²) < 4.78 is 4.85. The molecule has 0 amide bonds. The van der Waals surface area contributed by atoms with Crippen LogP contribution in [0, 0.1) is 0 Å². The molecule has 0 unspecified atom stereocenters. The zero-order valence-electron chi connectivity index (χ0n) is 10.0. The lowest BCUT2D eigenvalue weighted by Crippen LogP contribution is -2.14. The SMILES string of the molecule is CCOC(=O)c1c(CCC=O)cccc1C(=O)O. The van der Waals surface area contributed by atoms with E-state index in [-0.39, 0.29) is 24.2 Å². The molecule has 0 fully saturated rings. The van der Waals surface area contributed by atoms with E-state index in [1.807, 2.05) is 0 Å². The number of ether oxygens (including phenoxy) is 1. The summed E-state index contributed by atoms with van der Waals surface area (Å²) in [4.78, 5) is 33.2. The van der Waals surface area contributed by atoms with Crippen molar-refractivity contribution in [3.63, 3.8) is 0 Å². The lowest BCUT2D eigenvalue weighted by Gasteiger charge is -2.10. The number of aryl methyl sites for hydroxylation is 1. The molecule has 0 spiro atoms. The summed E-state index contributed by atoms with van der Waals surface area (Å²) in [6.45, 7) is 1.81. The van der Waals surface area contributed by atoms with Crippen LogP contribution in [0.5, 0.6) is 0 Å². The molecule has 1 aromatic rings. The van der Waals surface area contributed by atoms with Gasteiger partial charge in [-0.15, -0.1) is 0 Å². The van der Waals surface area contributed by atoms with Gasteiger partial charge in [-0.25, -0.2) is 9.59 Å². The van der Waals surface area contributed by atoms with Crippen molar-refractivity contribution in [1.82, 2.24) is 0 Å². The Morgan fingerprint density at radius 1 is 1.39 bits per heavy atom. The Morgan fingerprint density at radius 3 is 2.67 bits per heavy atom. The molecule has 18 heavy (non-hydrogen) atoms. The minimum absolute atomic E-state index is 0.0358. The van der Waals surface area contributed by atoms with Gasteiger partial charge in [-0.2, -0.15) is 0 Å². The highest BCUT2D eigenvalue weighted by Crippen LogP contribution is 2.18.